The van der Waals surface area contributed by atoms with Gasteiger partial charge in [-0.2, -0.15) is 0 Å². The van der Waals surface area contributed by atoms with E-state index in [1.165, 1.54) is 0 Å². The number of carbonyl (C=O) groups is 2. The number of hydrogen-bond acceptors (Lipinski definition) is 3. The molecule has 2 amide bonds. The van der Waals surface area contributed by atoms with Crippen LogP contribution in [0.2, 0.25) is 0 Å². The molecular weight excluding hydrogens is 254 g/mol. The van der Waals surface area contributed by atoms with E-state index >= 15 is 0 Å². The van der Waals surface area contributed by atoms with Gasteiger partial charge in [-0.15, -0.1) is 0 Å². The fourth-order valence-corrected chi connectivity index (χ4v) is 3.43. The molecule has 5 heteroatoms. The highest BCUT2D eigenvalue weighted by Crippen LogP contribution is 2.33. The van der Waals surface area contributed by atoms with Gasteiger partial charge in [-0.05, 0) is 32.2 Å². The molecule has 0 spiro atoms. The number of nitrogens with one attached hydrogen (secondary N) is 1. The van der Waals surface area contributed by atoms with Crippen molar-refractivity contribution in [2.75, 3.05) is 39.3 Å². The molecule has 3 fully saturated rings. The van der Waals surface area contributed by atoms with E-state index in [4.69, 9.17) is 0 Å². The van der Waals surface area contributed by atoms with Crippen molar-refractivity contribution >= 4 is 11.8 Å². The van der Waals surface area contributed by atoms with Crippen LogP contribution in [-0.4, -0.2) is 60.9 Å². The fraction of sp³-hybridized carbons (Fsp3) is 0.867. The van der Waals surface area contributed by atoms with Gasteiger partial charge >= 0.3 is 0 Å². The number of nitrogens with zero attached hydrogens (tertiary/aromatic N) is 2. The zero-order valence-electron chi connectivity index (χ0n) is 12.4. The summed E-state index contributed by atoms with van der Waals surface area (Å²) in [5, 5.41) is 3.32. The van der Waals surface area contributed by atoms with Crippen molar-refractivity contribution in [3.05, 3.63) is 0 Å². The molecule has 1 aliphatic carbocycles. The largest absolute Gasteiger partial charge is 0.339 e. The van der Waals surface area contributed by atoms with E-state index < -0.39 is 0 Å². The molecular formula is C15H25N3O2. The SMILES string of the molecule is CCC1(C(=O)N2CCN(C(=O)C3CC3)CC2)CCNC1. The molecule has 2 saturated heterocycles. The molecule has 0 aromatic rings. The second kappa shape index (κ2) is 5.35. The van der Waals surface area contributed by atoms with Gasteiger partial charge in [0.1, 0.15) is 0 Å². The molecule has 20 heavy (non-hydrogen) atoms. The van der Waals surface area contributed by atoms with Gasteiger partial charge in [0.15, 0.2) is 0 Å². The maximum atomic E-state index is 12.8. The van der Waals surface area contributed by atoms with E-state index in [9.17, 15) is 9.59 Å². The monoisotopic (exact) mass is 279 g/mol. The zero-order valence-corrected chi connectivity index (χ0v) is 12.4. The summed E-state index contributed by atoms with van der Waals surface area (Å²) in [5.41, 5.74) is -0.192. The van der Waals surface area contributed by atoms with Crippen LogP contribution in [0, 0.1) is 11.3 Å². The van der Waals surface area contributed by atoms with E-state index in [1.807, 2.05) is 9.80 Å². The zero-order chi connectivity index (χ0) is 14.2. The van der Waals surface area contributed by atoms with Crippen LogP contribution in [-0.2, 0) is 9.59 Å². The summed E-state index contributed by atoms with van der Waals surface area (Å²) in [4.78, 5) is 28.7. The van der Waals surface area contributed by atoms with Gasteiger partial charge in [-0.3, -0.25) is 9.59 Å². The lowest BCUT2D eigenvalue weighted by molar-refractivity contribution is -0.146. The van der Waals surface area contributed by atoms with Gasteiger partial charge in [0.25, 0.3) is 0 Å². The first-order valence-electron chi connectivity index (χ1n) is 7.95. The van der Waals surface area contributed by atoms with Crippen LogP contribution in [0.15, 0.2) is 0 Å². The summed E-state index contributed by atoms with van der Waals surface area (Å²) in [6.07, 6.45) is 3.97. The third-order valence-corrected chi connectivity index (χ3v) is 5.18. The molecule has 1 unspecified atom stereocenters. The first-order chi connectivity index (χ1) is 9.66. The molecule has 5 nitrogen and oxygen atoms in total. The highest BCUT2D eigenvalue weighted by molar-refractivity contribution is 5.84. The first kappa shape index (κ1) is 13.9. The Balaban J connectivity index is 1.57. The van der Waals surface area contributed by atoms with Gasteiger partial charge in [-0.1, -0.05) is 6.92 Å². The predicted molar refractivity (Wildman–Crippen MR) is 76.1 cm³/mol. The third kappa shape index (κ3) is 2.43. The summed E-state index contributed by atoms with van der Waals surface area (Å²) < 4.78 is 0. The van der Waals surface area contributed by atoms with Crippen LogP contribution in [0.3, 0.4) is 0 Å². The molecule has 112 valence electrons. The Morgan fingerprint density at radius 3 is 2.30 bits per heavy atom. The standard InChI is InChI=1S/C15H25N3O2/c1-2-15(5-6-16-11-15)14(20)18-9-7-17(8-10-18)13(19)12-3-4-12/h12,16H,2-11H2,1H3. The van der Waals surface area contributed by atoms with Crippen LogP contribution in [0.5, 0.6) is 0 Å². The summed E-state index contributed by atoms with van der Waals surface area (Å²) in [6.45, 7) is 6.71. The Morgan fingerprint density at radius 2 is 1.80 bits per heavy atom. The number of piperazine rings is 1. The molecule has 0 aromatic heterocycles. The van der Waals surface area contributed by atoms with Crippen molar-refractivity contribution in [3.8, 4) is 0 Å². The van der Waals surface area contributed by atoms with Gasteiger partial charge in [0, 0.05) is 38.6 Å². The topological polar surface area (TPSA) is 52.7 Å². The van der Waals surface area contributed by atoms with Crippen LogP contribution in [0.25, 0.3) is 0 Å². The fourth-order valence-electron chi connectivity index (χ4n) is 3.43. The molecule has 0 aromatic carbocycles. The lowest BCUT2D eigenvalue weighted by Crippen LogP contribution is -2.55. The Kier molecular flexibility index (Phi) is 3.71. The average molecular weight is 279 g/mol. The van der Waals surface area contributed by atoms with Crippen LogP contribution in [0.4, 0.5) is 0 Å². The summed E-state index contributed by atoms with van der Waals surface area (Å²) >= 11 is 0. The van der Waals surface area contributed by atoms with Crippen LogP contribution >= 0.6 is 0 Å². The lowest BCUT2D eigenvalue weighted by atomic mass is 9.82. The smallest absolute Gasteiger partial charge is 0.230 e. The first-order valence-corrected chi connectivity index (χ1v) is 7.95. The Bertz CT molecular complexity index is 392. The molecule has 0 radical (unpaired) electrons. The lowest BCUT2D eigenvalue weighted by Gasteiger charge is -2.39. The minimum Gasteiger partial charge on any atom is -0.339 e. The maximum Gasteiger partial charge on any atom is 0.230 e. The van der Waals surface area contributed by atoms with Crippen LogP contribution in [0.1, 0.15) is 32.6 Å². The number of carbonyl (C=O) groups excluding carboxylic acids is 2. The Morgan fingerprint density at radius 1 is 1.15 bits per heavy atom. The quantitative estimate of drug-likeness (QED) is 0.816. The molecule has 3 aliphatic rings. The molecule has 2 aliphatic heterocycles. The summed E-state index contributed by atoms with van der Waals surface area (Å²) in [7, 11) is 0. The minimum absolute atomic E-state index is 0.192. The van der Waals surface area contributed by atoms with Crippen molar-refractivity contribution in [2.45, 2.75) is 32.6 Å². The van der Waals surface area contributed by atoms with Gasteiger partial charge in [0.2, 0.25) is 11.8 Å². The minimum atomic E-state index is -0.192. The second-order valence-corrected chi connectivity index (χ2v) is 6.45. The second-order valence-electron chi connectivity index (χ2n) is 6.45. The third-order valence-electron chi connectivity index (χ3n) is 5.18. The van der Waals surface area contributed by atoms with Crippen molar-refractivity contribution in [2.24, 2.45) is 11.3 Å². The number of rotatable bonds is 3. The Hall–Kier alpha value is -1.10. The maximum absolute atomic E-state index is 12.8. The number of amides is 2. The van der Waals surface area contributed by atoms with E-state index in [1.54, 1.807) is 0 Å². The normalized spacial score (nSPS) is 30.6. The van der Waals surface area contributed by atoms with Gasteiger partial charge in [-0.25, -0.2) is 0 Å². The predicted octanol–water partition coefficient (Wildman–Crippen LogP) is 0.457. The van der Waals surface area contributed by atoms with Crippen molar-refractivity contribution in [1.82, 2.24) is 15.1 Å². The van der Waals surface area contributed by atoms with Gasteiger partial charge in [0.05, 0.1) is 5.41 Å². The molecule has 0 bridgehead atoms. The molecule has 1 saturated carbocycles. The molecule has 2 heterocycles. The Labute approximate surface area is 120 Å². The molecule has 1 N–H and O–H groups in total. The van der Waals surface area contributed by atoms with E-state index in [-0.39, 0.29) is 5.41 Å². The van der Waals surface area contributed by atoms with Gasteiger partial charge < -0.3 is 15.1 Å². The highest BCUT2D eigenvalue weighted by Gasteiger charge is 2.43. The van der Waals surface area contributed by atoms with Crippen molar-refractivity contribution in [1.29, 1.82) is 0 Å². The van der Waals surface area contributed by atoms with Crippen molar-refractivity contribution < 1.29 is 9.59 Å². The van der Waals surface area contributed by atoms with Crippen molar-refractivity contribution in [3.63, 3.8) is 0 Å². The number of hydrogen-bond donors (Lipinski definition) is 1. The summed E-state index contributed by atoms with van der Waals surface area (Å²) in [6, 6.07) is 0. The molecule has 3 rings (SSSR count). The average Bonchev–Trinajstić information content (AvgIpc) is 3.23. The summed E-state index contributed by atoms with van der Waals surface area (Å²) in [5.74, 6) is 0.895. The highest BCUT2D eigenvalue weighted by atomic mass is 16.2. The van der Waals surface area contributed by atoms with E-state index in [2.05, 4.69) is 12.2 Å². The molecule has 1 atom stereocenters. The van der Waals surface area contributed by atoms with Crippen LogP contribution < -0.4 is 5.32 Å². The van der Waals surface area contributed by atoms with E-state index in [0.717, 1.165) is 38.8 Å². The van der Waals surface area contributed by atoms with E-state index in [0.29, 0.717) is 43.9 Å².